The fraction of sp³-hybridized carbons (Fsp3) is 0.588. The molecule has 21 heavy (non-hydrogen) atoms. The van der Waals surface area contributed by atoms with Crippen molar-refractivity contribution in [2.24, 2.45) is 16.7 Å². The van der Waals surface area contributed by atoms with Crippen molar-refractivity contribution in [1.82, 2.24) is 0 Å². The van der Waals surface area contributed by atoms with Crippen LogP contribution in [0.15, 0.2) is 22.7 Å². The largest absolute Gasteiger partial charge is 0.458 e. The second-order valence-corrected chi connectivity index (χ2v) is 8.04. The number of hydrogen-bond acceptors (Lipinski definition) is 2. The van der Waals surface area contributed by atoms with Gasteiger partial charge in [0.05, 0.1) is 5.56 Å². The first kappa shape index (κ1) is 15.0. The van der Waals surface area contributed by atoms with E-state index < -0.39 is 11.8 Å². The monoisotopic (exact) mass is 354 g/mol. The molecule has 2 saturated carbocycles. The van der Waals surface area contributed by atoms with Crippen LogP contribution in [-0.4, -0.2) is 12.1 Å². The smallest absolute Gasteiger partial charge is 0.341 e. The number of carbonyl (C=O) groups excluding carboxylic acids is 1. The van der Waals surface area contributed by atoms with Gasteiger partial charge < -0.3 is 4.74 Å². The first-order valence-corrected chi connectivity index (χ1v) is 8.21. The van der Waals surface area contributed by atoms with E-state index in [0.29, 0.717) is 10.4 Å². The van der Waals surface area contributed by atoms with Crippen LogP contribution in [0, 0.1) is 22.6 Å². The summed E-state index contributed by atoms with van der Waals surface area (Å²) < 4.78 is 20.2. The number of rotatable bonds is 2. The van der Waals surface area contributed by atoms with Crippen molar-refractivity contribution in [2.45, 2.75) is 46.1 Å². The predicted molar refractivity (Wildman–Crippen MR) is 82.5 cm³/mol. The summed E-state index contributed by atoms with van der Waals surface area (Å²) in [6, 6.07) is 4.43. The molecule has 0 radical (unpaired) electrons. The average molecular weight is 355 g/mol. The van der Waals surface area contributed by atoms with Gasteiger partial charge in [0.15, 0.2) is 0 Å². The van der Waals surface area contributed by atoms with Crippen molar-refractivity contribution >= 4 is 21.9 Å². The molecule has 0 aliphatic heterocycles. The molecule has 0 heterocycles. The quantitative estimate of drug-likeness (QED) is 0.701. The maximum Gasteiger partial charge on any atom is 0.341 e. The van der Waals surface area contributed by atoms with Crippen LogP contribution in [0.1, 0.15) is 50.4 Å². The zero-order valence-electron chi connectivity index (χ0n) is 12.6. The fourth-order valence-electron chi connectivity index (χ4n) is 4.16. The molecule has 2 nitrogen and oxygen atoms in total. The van der Waals surface area contributed by atoms with Crippen molar-refractivity contribution < 1.29 is 13.9 Å². The molecule has 2 fully saturated rings. The zero-order chi connectivity index (χ0) is 15.4. The average Bonchev–Trinajstić information content (AvgIpc) is 2.71. The number of carbonyl (C=O) groups is 1. The van der Waals surface area contributed by atoms with E-state index in [-0.39, 0.29) is 22.5 Å². The van der Waals surface area contributed by atoms with E-state index in [0.717, 1.165) is 12.8 Å². The lowest BCUT2D eigenvalue weighted by molar-refractivity contribution is -0.0245. The summed E-state index contributed by atoms with van der Waals surface area (Å²) in [6.45, 7) is 6.73. The Labute approximate surface area is 133 Å². The normalized spacial score (nSPS) is 33.2. The van der Waals surface area contributed by atoms with E-state index in [1.807, 2.05) is 0 Å². The van der Waals surface area contributed by atoms with Gasteiger partial charge >= 0.3 is 5.97 Å². The number of halogens is 2. The lowest BCUT2D eigenvalue weighted by atomic mass is 9.70. The molecule has 1 aromatic rings. The van der Waals surface area contributed by atoms with Crippen LogP contribution in [0.2, 0.25) is 0 Å². The van der Waals surface area contributed by atoms with Gasteiger partial charge in [-0.1, -0.05) is 36.7 Å². The molecule has 3 atom stereocenters. The van der Waals surface area contributed by atoms with E-state index in [2.05, 4.69) is 36.7 Å². The molecule has 0 saturated heterocycles. The molecule has 3 rings (SSSR count). The van der Waals surface area contributed by atoms with Crippen molar-refractivity contribution in [3.63, 3.8) is 0 Å². The molecule has 1 aromatic carbocycles. The Morgan fingerprint density at radius 2 is 2.10 bits per heavy atom. The molecule has 2 aliphatic rings. The minimum atomic E-state index is -0.547. The second kappa shape index (κ2) is 4.80. The lowest BCUT2D eigenvalue weighted by Gasteiger charge is -2.38. The lowest BCUT2D eigenvalue weighted by Crippen LogP contribution is -2.38. The molecule has 4 heteroatoms. The number of fused-ring (bicyclic) bond motifs is 2. The van der Waals surface area contributed by atoms with Crippen molar-refractivity contribution in [3.05, 3.63) is 34.1 Å². The highest BCUT2D eigenvalue weighted by molar-refractivity contribution is 9.10. The predicted octanol–water partition coefficient (Wildman–Crippen LogP) is 4.96. The summed E-state index contributed by atoms with van der Waals surface area (Å²) in [5.41, 5.74) is 0.192. The minimum Gasteiger partial charge on any atom is -0.458 e. The standard InChI is InChI=1S/C17H20BrFO2/c1-16(2)10-6-7-17(16,3)14(8-10)21-15(20)12-5-4-11(18)9-13(12)19/h4-5,9-10,14H,6-8H2,1-3H3. The van der Waals surface area contributed by atoms with Gasteiger partial charge in [-0.15, -0.1) is 0 Å². The van der Waals surface area contributed by atoms with Crippen LogP contribution < -0.4 is 0 Å². The van der Waals surface area contributed by atoms with Gasteiger partial charge in [0.1, 0.15) is 11.9 Å². The van der Waals surface area contributed by atoms with Gasteiger partial charge in [-0.3, -0.25) is 0 Å². The van der Waals surface area contributed by atoms with Gasteiger partial charge in [0.25, 0.3) is 0 Å². The van der Waals surface area contributed by atoms with Crippen molar-refractivity contribution in [3.8, 4) is 0 Å². The molecule has 0 N–H and O–H groups in total. The van der Waals surface area contributed by atoms with E-state index in [1.165, 1.54) is 18.6 Å². The third kappa shape index (κ3) is 2.14. The van der Waals surface area contributed by atoms with Crippen LogP contribution in [0.4, 0.5) is 4.39 Å². The molecule has 114 valence electrons. The zero-order valence-corrected chi connectivity index (χ0v) is 14.2. The Bertz CT molecular complexity index is 598. The molecular formula is C17H20BrFO2. The third-order valence-corrected chi connectivity index (χ3v) is 6.61. The molecule has 0 aromatic heterocycles. The van der Waals surface area contributed by atoms with E-state index in [9.17, 15) is 9.18 Å². The van der Waals surface area contributed by atoms with E-state index in [4.69, 9.17) is 4.74 Å². The molecular weight excluding hydrogens is 335 g/mol. The van der Waals surface area contributed by atoms with Gasteiger partial charge in [-0.25, -0.2) is 9.18 Å². The summed E-state index contributed by atoms with van der Waals surface area (Å²) >= 11 is 3.19. The van der Waals surface area contributed by atoms with E-state index in [1.54, 1.807) is 6.07 Å². The number of hydrogen-bond donors (Lipinski definition) is 0. The van der Waals surface area contributed by atoms with Crippen LogP contribution >= 0.6 is 15.9 Å². The maximum atomic E-state index is 13.9. The second-order valence-electron chi connectivity index (χ2n) is 7.13. The highest BCUT2D eigenvalue weighted by Crippen LogP contribution is 2.66. The third-order valence-electron chi connectivity index (χ3n) is 6.11. The van der Waals surface area contributed by atoms with Crippen LogP contribution in [0.25, 0.3) is 0 Å². The van der Waals surface area contributed by atoms with E-state index >= 15 is 0 Å². The first-order valence-electron chi connectivity index (χ1n) is 7.42. The first-order chi connectivity index (χ1) is 9.75. The maximum absolute atomic E-state index is 13.9. The minimum absolute atomic E-state index is 0.000827. The number of benzene rings is 1. The molecule has 2 bridgehead atoms. The van der Waals surface area contributed by atoms with Gasteiger partial charge in [0.2, 0.25) is 0 Å². The highest BCUT2D eigenvalue weighted by Gasteiger charge is 2.62. The number of ether oxygens (including phenoxy) is 1. The fourth-order valence-corrected chi connectivity index (χ4v) is 4.49. The van der Waals surface area contributed by atoms with Gasteiger partial charge in [0, 0.05) is 9.89 Å². The Kier molecular flexibility index (Phi) is 3.43. The Morgan fingerprint density at radius 1 is 1.38 bits per heavy atom. The van der Waals surface area contributed by atoms with Crippen LogP contribution in [0.5, 0.6) is 0 Å². The molecule has 0 amide bonds. The molecule has 3 unspecified atom stereocenters. The summed E-state index contributed by atoms with van der Waals surface area (Å²) in [5.74, 6) is -0.494. The highest BCUT2D eigenvalue weighted by atomic mass is 79.9. The summed E-state index contributed by atoms with van der Waals surface area (Å²) in [6.07, 6.45) is 3.06. The Balaban J connectivity index is 1.80. The number of esters is 1. The summed E-state index contributed by atoms with van der Waals surface area (Å²) in [4.78, 5) is 12.3. The summed E-state index contributed by atoms with van der Waals surface area (Å²) in [7, 11) is 0. The van der Waals surface area contributed by atoms with Gasteiger partial charge in [-0.2, -0.15) is 0 Å². The molecule has 2 aliphatic carbocycles. The Hall–Kier alpha value is -0.900. The van der Waals surface area contributed by atoms with Crippen molar-refractivity contribution in [2.75, 3.05) is 0 Å². The van der Waals surface area contributed by atoms with Crippen molar-refractivity contribution in [1.29, 1.82) is 0 Å². The summed E-state index contributed by atoms with van der Waals surface area (Å²) in [5, 5.41) is 0. The van der Waals surface area contributed by atoms with Crippen LogP contribution in [0.3, 0.4) is 0 Å². The van der Waals surface area contributed by atoms with Crippen LogP contribution in [-0.2, 0) is 4.74 Å². The SMILES string of the molecule is CC1(C)C2CCC1(C)C(OC(=O)c1ccc(Br)cc1F)C2. The Morgan fingerprint density at radius 3 is 2.62 bits per heavy atom. The molecule has 0 spiro atoms. The van der Waals surface area contributed by atoms with Gasteiger partial charge in [-0.05, 0) is 48.8 Å². The topological polar surface area (TPSA) is 26.3 Å².